The average Bonchev–Trinajstić information content (AvgIpc) is 2.49. The van der Waals surface area contributed by atoms with E-state index in [0.717, 1.165) is 15.8 Å². The van der Waals surface area contributed by atoms with Crippen LogP contribution in [0.3, 0.4) is 0 Å². The summed E-state index contributed by atoms with van der Waals surface area (Å²) in [7, 11) is 0. The van der Waals surface area contributed by atoms with Gasteiger partial charge in [0.15, 0.2) is 5.78 Å². The Morgan fingerprint density at radius 3 is 3.08 bits per heavy atom. The zero-order valence-corrected chi connectivity index (χ0v) is 7.39. The molecule has 2 nitrogen and oxygen atoms in total. The molecule has 1 aromatic heterocycles. The lowest BCUT2D eigenvalue weighted by Crippen LogP contribution is -1.90. The highest BCUT2D eigenvalue weighted by atomic mass is 32.1. The van der Waals surface area contributed by atoms with Crippen LogP contribution in [0.1, 0.15) is 17.3 Å². The second-order valence-corrected chi connectivity index (χ2v) is 3.42. The summed E-state index contributed by atoms with van der Waals surface area (Å²) in [6.07, 6.45) is 0. The van der Waals surface area contributed by atoms with Crippen LogP contribution < -0.4 is 0 Å². The molecule has 0 N–H and O–H groups in total. The minimum Gasteiger partial charge on any atom is -0.294 e. The average molecular weight is 177 g/mol. The summed E-state index contributed by atoms with van der Waals surface area (Å²) in [5.74, 6) is 0.102. The first kappa shape index (κ1) is 7.43. The molecule has 60 valence electrons. The largest absolute Gasteiger partial charge is 0.294 e. The van der Waals surface area contributed by atoms with Gasteiger partial charge in [-0.15, -0.1) is 11.3 Å². The van der Waals surface area contributed by atoms with Crippen LogP contribution in [0, 0.1) is 0 Å². The van der Waals surface area contributed by atoms with Crippen molar-refractivity contribution >= 4 is 27.3 Å². The fourth-order valence-corrected chi connectivity index (χ4v) is 2.02. The Labute approximate surface area is 73.9 Å². The van der Waals surface area contributed by atoms with E-state index in [4.69, 9.17) is 0 Å². The molecule has 3 heteroatoms. The molecule has 0 aliphatic heterocycles. The van der Waals surface area contributed by atoms with E-state index in [1.54, 1.807) is 12.4 Å². The van der Waals surface area contributed by atoms with Crippen LogP contribution in [0.2, 0.25) is 0 Å². The molecule has 2 aromatic rings. The van der Waals surface area contributed by atoms with Crippen molar-refractivity contribution in [2.24, 2.45) is 0 Å². The van der Waals surface area contributed by atoms with Gasteiger partial charge in [0, 0.05) is 5.56 Å². The van der Waals surface area contributed by atoms with Crippen LogP contribution in [-0.2, 0) is 0 Å². The van der Waals surface area contributed by atoms with Gasteiger partial charge in [0.1, 0.15) is 0 Å². The molecule has 0 atom stereocenters. The number of nitrogens with zero attached hydrogens (tertiary/aromatic N) is 1. The molecule has 0 fully saturated rings. The summed E-state index contributed by atoms with van der Waals surface area (Å²) in [5, 5.41) is 0. The second kappa shape index (κ2) is 2.68. The molecule has 0 saturated heterocycles. The molecule has 2 rings (SSSR count). The highest BCUT2D eigenvalue weighted by Crippen LogP contribution is 2.22. The highest BCUT2D eigenvalue weighted by Gasteiger charge is 2.05. The SMILES string of the molecule is CC(=O)c1cccc2ncsc12. The van der Waals surface area contributed by atoms with Crippen molar-refractivity contribution in [1.82, 2.24) is 4.98 Å². The molecule has 0 bridgehead atoms. The molecule has 0 saturated carbocycles. The Hall–Kier alpha value is -1.22. The number of ketones is 1. The van der Waals surface area contributed by atoms with Gasteiger partial charge in [0.05, 0.1) is 15.7 Å². The normalized spacial score (nSPS) is 10.4. The lowest BCUT2D eigenvalue weighted by atomic mass is 10.1. The molecular weight excluding hydrogens is 170 g/mol. The number of aromatic nitrogens is 1. The van der Waals surface area contributed by atoms with Crippen LogP contribution in [0.15, 0.2) is 23.7 Å². The summed E-state index contributed by atoms with van der Waals surface area (Å²) < 4.78 is 0.991. The van der Waals surface area contributed by atoms with Crippen molar-refractivity contribution in [2.75, 3.05) is 0 Å². The predicted molar refractivity (Wildman–Crippen MR) is 49.6 cm³/mol. The number of benzene rings is 1. The fraction of sp³-hybridized carbons (Fsp3) is 0.111. The van der Waals surface area contributed by atoms with Gasteiger partial charge in [0.25, 0.3) is 0 Å². The molecule has 0 amide bonds. The minimum atomic E-state index is 0.102. The summed E-state index contributed by atoms with van der Waals surface area (Å²) >= 11 is 1.51. The van der Waals surface area contributed by atoms with Crippen molar-refractivity contribution in [3.8, 4) is 0 Å². The zero-order chi connectivity index (χ0) is 8.55. The van der Waals surface area contributed by atoms with E-state index in [1.807, 2.05) is 18.2 Å². The maximum Gasteiger partial charge on any atom is 0.161 e. The third-order valence-corrected chi connectivity index (χ3v) is 2.61. The lowest BCUT2D eigenvalue weighted by molar-refractivity contribution is 0.101. The Balaban J connectivity index is 2.82. The van der Waals surface area contributed by atoms with Crippen LogP contribution in [0.25, 0.3) is 10.2 Å². The Bertz CT molecular complexity index is 433. The first-order valence-electron chi connectivity index (χ1n) is 3.62. The number of hydrogen-bond donors (Lipinski definition) is 0. The third kappa shape index (κ3) is 1.02. The van der Waals surface area contributed by atoms with Gasteiger partial charge in [-0.1, -0.05) is 6.07 Å². The third-order valence-electron chi connectivity index (χ3n) is 1.74. The van der Waals surface area contributed by atoms with Crippen molar-refractivity contribution in [2.45, 2.75) is 6.92 Å². The summed E-state index contributed by atoms with van der Waals surface area (Å²) in [4.78, 5) is 15.3. The molecule has 0 spiro atoms. The number of rotatable bonds is 1. The first-order valence-corrected chi connectivity index (χ1v) is 4.50. The van der Waals surface area contributed by atoms with Gasteiger partial charge >= 0.3 is 0 Å². The summed E-state index contributed by atoms with van der Waals surface area (Å²) in [6, 6.07) is 5.61. The number of fused-ring (bicyclic) bond motifs is 1. The number of carbonyl (C=O) groups is 1. The van der Waals surface area contributed by atoms with Gasteiger partial charge in [0.2, 0.25) is 0 Å². The van der Waals surface area contributed by atoms with Gasteiger partial charge in [-0.2, -0.15) is 0 Å². The number of thiazole rings is 1. The topological polar surface area (TPSA) is 30.0 Å². The lowest BCUT2D eigenvalue weighted by Gasteiger charge is -1.94. The fourth-order valence-electron chi connectivity index (χ4n) is 1.16. The van der Waals surface area contributed by atoms with E-state index >= 15 is 0 Å². The molecule has 1 aromatic carbocycles. The minimum absolute atomic E-state index is 0.102. The standard InChI is InChI=1S/C9H7NOS/c1-6(11)7-3-2-4-8-9(7)12-5-10-8/h2-5H,1H3. The molecule has 0 aliphatic carbocycles. The van der Waals surface area contributed by atoms with E-state index in [0.29, 0.717) is 0 Å². The van der Waals surface area contributed by atoms with E-state index in [9.17, 15) is 4.79 Å². The van der Waals surface area contributed by atoms with Crippen molar-refractivity contribution < 1.29 is 4.79 Å². The monoisotopic (exact) mass is 177 g/mol. The summed E-state index contributed by atoms with van der Waals surface area (Å²) in [6.45, 7) is 1.58. The highest BCUT2D eigenvalue weighted by molar-refractivity contribution is 7.17. The van der Waals surface area contributed by atoms with E-state index in [2.05, 4.69) is 4.98 Å². The maximum atomic E-state index is 11.1. The van der Waals surface area contributed by atoms with Crippen LogP contribution in [-0.4, -0.2) is 10.8 Å². The number of Topliss-reactive ketones (excluding diaryl/α,β-unsaturated/α-hetero) is 1. The van der Waals surface area contributed by atoms with Crippen molar-refractivity contribution in [1.29, 1.82) is 0 Å². The second-order valence-electron chi connectivity index (χ2n) is 2.56. The van der Waals surface area contributed by atoms with Gasteiger partial charge < -0.3 is 0 Å². The van der Waals surface area contributed by atoms with Crippen molar-refractivity contribution in [3.63, 3.8) is 0 Å². The molecular formula is C9H7NOS. The van der Waals surface area contributed by atoms with Gasteiger partial charge in [-0.05, 0) is 19.1 Å². The zero-order valence-electron chi connectivity index (χ0n) is 6.57. The van der Waals surface area contributed by atoms with E-state index in [1.165, 1.54) is 11.3 Å². The van der Waals surface area contributed by atoms with E-state index < -0.39 is 0 Å². The van der Waals surface area contributed by atoms with Gasteiger partial charge in [-0.25, -0.2) is 4.98 Å². The smallest absolute Gasteiger partial charge is 0.161 e. The predicted octanol–water partition coefficient (Wildman–Crippen LogP) is 2.50. The van der Waals surface area contributed by atoms with Crippen molar-refractivity contribution in [3.05, 3.63) is 29.3 Å². The quantitative estimate of drug-likeness (QED) is 0.626. The molecule has 0 aliphatic rings. The molecule has 0 radical (unpaired) electrons. The Morgan fingerprint density at radius 2 is 2.33 bits per heavy atom. The van der Waals surface area contributed by atoms with Crippen LogP contribution >= 0.6 is 11.3 Å². The first-order chi connectivity index (χ1) is 5.79. The molecule has 1 heterocycles. The van der Waals surface area contributed by atoms with Crippen LogP contribution in [0.4, 0.5) is 0 Å². The maximum absolute atomic E-state index is 11.1. The summed E-state index contributed by atoms with van der Waals surface area (Å²) in [5.41, 5.74) is 3.44. The number of carbonyl (C=O) groups excluding carboxylic acids is 1. The van der Waals surface area contributed by atoms with E-state index in [-0.39, 0.29) is 5.78 Å². The molecule has 12 heavy (non-hydrogen) atoms. The number of hydrogen-bond acceptors (Lipinski definition) is 3. The Kier molecular flexibility index (Phi) is 1.66. The van der Waals surface area contributed by atoms with Gasteiger partial charge in [-0.3, -0.25) is 4.79 Å². The Morgan fingerprint density at radius 1 is 1.50 bits per heavy atom. The molecule has 0 unspecified atom stereocenters. The van der Waals surface area contributed by atoms with Crippen LogP contribution in [0.5, 0.6) is 0 Å².